The molecule has 0 saturated carbocycles. The van der Waals surface area contributed by atoms with E-state index < -0.39 is 0 Å². The molecule has 0 atom stereocenters. The van der Waals surface area contributed by atoms with Crippen molar-refractivity contribution in [2.75, 3.05) is 26.3 Å². The largest absolute Gasteiger partial charge is 0.503 e. The first-order valence-corrected chi connectivity index (χ1v) is 8.36. The van der Waals surface area contributed by atoms with Crippen LogP contribution in [0.25, 0.3) is 0 Å². The monoisotopic (exact) mass is 308 g/mol. The molecule has 1 aliphatic rings. The van der Waals surface area contributed by atoms with Gasteiger partial charge in [0.15, 0.2) is 5.75 Å². The Hall–Kier alpha value is -1.33. The average Bonchev–Trinajstić information content (AvgIpc) is 2.52. The van der Waals surface area contributed by atoms with Crippen LogP contribution in [-0.4, -0.2) is 40.9 Å². The van der Waals surface area contributed by atoms with Crippen LogP contribution in [0.4, 0.5) is 0 Å². The number of piperidine rings is 1. The molecule has 1 N–H and O–H groups in total. The molecule has 1 aliphatic heterocycles. The molecule has 5 nitrogen and oxygen atoms in total. The summed E-state index contributed by atoms with van der Waals surface area (Å²) in [6, 6.07) is 1.52. The van der Waals surface area contributed by atoms with Gasteiger partial charge in [-0.1, -0.05) is 6.42 Å². The van der Waals surface area contributed by atoms with Crippen molar-refractivity contribution in [1.82, 2.24) is 9.47 Å². The molecule has 0 spiro atoms. The van der Waals surface area contributed by atoms with Gasteiger partial charge in [-0.05, 0) is 46.2 Å². The molecule has 1 fully saturated rings. The van der Waals surface area contributed by atoms with Crippen molar-refractivity contribution in [1.29, 1.82) is 0 Å². The molecule has 1 aromatic rings. The minimum atomic E-state index is -0.273. The molecule has 22 heavy (non-hydrogen) atoms. The lowest BCUT2D eigenvalue weighted by molar-refractivity contribution is 0.140. The van der Waals surface area contributed by atoms with E-state index in [4.69, 9.17) is 4.74 Å². The van der Waals surface area contributed by atoms with Crippen LogP contribution in [0.2, 0.25) is 0 Å². The van der Waals surface area contributed by atoms with Gasteiger partial charge in [0.1, 0.15) is 0 Å². The predicted octanol–water partition coefficient (Wildman–Crippen LogP) is 2.27. The van der Waals surface area contributed by atoms with E-state index in [9.17, 15) is 9.90 Å². The second kappa shape index (κ2) is 8.34. The van der Waals surface area contributed by atoms with E-state index in [1.54, 1.807) is 0 Å². The van der Waals surface area contributed by atoms with Gasteiger partial charge in [-0.25, -0.2) is 0 Å². The van der Waals surface area contributed by atoms with E-state index in [0.29, 0.717) is 13.2 Å². The quantitative estimate of drug-likeness (QED) is 0.785. The standard InChI is InChI=1S/C17H28N2O3/c1-3-22-11-7-10-19-14(2)12-16(20)17(21)15(19)13-18-8-5-4-6-9-18/h12,21H,3-11,13H2,1-2H3. The summed E-state index contributed by atoms with van der Waals surface area (Å²) in [4.78, 5) is 14.3. The molecule has 0 unspecified atom stereocenters. The number of ether oxygens (including phenoxy) is 1. The maximum Gasteiger partial charge on any atom is 0.223 e. The third-order valence-electron chi connectivity index (χ3n) is 4.29. The summed E-state index contributed by atoms with van der Waals surface area (Å²) in [5.74, 6) is -0.0902. The summed E-state index contributed by atoms with van der Waals surface area (Å²) in [5, 5.41) is 10.2. The number of aryl methyl sites for hydroxylation is 1. The highest BCUT2D eigenvalue weighted by atomic mass is 16.5. The molecule has 5 heteroatoms. The number of hydrogen-bond donors (Lipinski definition) is 1. The highest BCUT2D eigenvalue weighted by Crippen LogP contribution is 2.20. The van der Waals surface area contributed by atoms with E-state index in [1.807, 2.05) is 13.8 Å². The fourth-order valence-electron chi connectivity index (χ4n) is 3.09. The minimum absolute atomic E-state index is 0.0902. The summed E-state index contributed by atoms with van der Waals surface area (Å²) in [5.41, 5.74) is 1.39. The van der Waals surface area contributed by atoms with Gasteiger partial charge in [0.2, 0.25) is 5.43 Å². The maximum atomic E-state index is 11.9. The first-order valence-electron chi connectivity index (χ1n) is 8.36. The topological polar surface area (TPSA) is 54.7 Å². The lowest BCUT2D eigenvalue weighted by Crippen LogP contribution is -2.31. The third-order valence-corrected chi connectivity index (χ3v) is 4.29. The van der Waals surface area contributed by atoms with Crippen LogP contribution in [0.1, 0.15) is 44.0 Å². The minimum Gasteiger partial charge on any atom is -0.503 e. The van der Waals surface area contributed by atoms with Gasteiger partial charge in [0.25, 0.3) is 0 Å². The molecule has 1 saturated heterocycles. The lowest BCUT2D eigenvalue weighted by atomic mass is 10.1. The van der Waals surface area contributed by atoms with Crippen LogP contribution in [0.3, 0.4) is 0 Å². The molecular weight excluding hydrogens is 280 g/mol. The number of pyridine rings is 1. The molecule has 0 aromatic carbocycles. The van der Waals surface area contributed by atoms with Crippen LogP contribution in [0.15, 0.2) is 10.9 Å². The van der Waals surface area contributed by atoms with Gasteiger partial charge in [-0.15, -0.1) is 0 Å². The Morgan fingerprint density at radius 1 is 1.27 bits per heavy atom. The maximum absolute atomic E-state index is 11.9. The summed E-state index contributed by atoms with van der Waals surface area (Å²) in [6.45, 7) is 8.84. The fraction of sp³-hybridized carbons (Fsp3) is 0.706. The molecule has 2 heterocycles. The van der Waals surface area contributed by atoms with E-state index in [2.05, 4.69) is 9.47 Å². The highest BCUT2D eigenvalue weighted by molar-refractivity contribution is 5.29. The average molecular weight is 308 g/mol. The molecule has 1 aromatic heterocycles. The molecule has 0 radical (unpaired) electrons. The first-order chi connectivity index (χ1) is 10.6. The van der Waals surface area contributed by atoms with Crippen LogP contribution in [0.5, 0.6) is 5.75 Å². The summed E-state index contributed by atoms with van der Waals surface area (Å²) in [7, 11) is 0. The Bertz CT molecular complexity index is 533. The molecule has 0 bridgehead atoms. The van der Waals surface area contributed by atoms with Crippen molar-refractivity contribution >= 4 is 0 Å². The Labute approximate surface area is 132 Å². The Kier molecular flexibility index (Phi) is 6.46. The van der Waals surface area contributed by atoms with E-state index in [-0.39, 0.29) is 11.2 Å². The zero-order valence-corrected chi connectivity index (χ0v) is 13.8. The van der Waals surface area contributed by atoms with Crippen LogP contribution in [0, 0.1) is 6.92 Å². The molecular formula is C17H28N2O3. The molecule has 2 rings (SSSR count). The van der Waals surface area contributed by atoms with Crippen molar-refractivity contribution in [2.45, 2.75) is 52.6 Å². The van der Waals surface area contributed by atoms with Crippen molar-refractivity contribution in [3.8, 4) is 5.75 Å². The number of hydrogen-bond acceptors (Lipinski definition) is 4. The van der Waals surface area contributed by atoms with Gasteiger partial charge < -0.3 is 14.4 Å². The van der Waals surface area contributed by atoms with E-state index >= 15 is 0 Å². The predicted molar refractivity (Wildman–Crippen MR) is 87.3 cm³/mol. The zero-order chi connectivity index (χ0) is 15.9. The number of likely N-dealkylation sites (tertiary alicyclic amines) is 1. The number of aromatic nitrogens is 1. The van der Waals surface area contributed by atoms with Gasteiger partial charge in [0, 0.05) is 38.1 Å². The number of aromatic hydroxyl groups is 1. The molecule has 0 amide bonds. The first kappa shape index (κ1) is 17.0. The molecule has 0 aliphatic carbocycles. The van der Waals surface area contributed by atoms with Gasteiger partial charge >= 0.3 is 0 Å². The highest BCUT2D eigenvalue weighted by Gasteiger charge is 2.18. The second-order valence-electron chi connectivity index (χ2n) is 5.98. The van der Waals surface area contributed by atoms with Gasteiger partial charge in [-0.2, -0.15) is 0 Å². The van der Waals surface area contributed by atoms with Crippen LogP contribution < -0.4 is 5.43 Å². The third kappa shape index (κ3) is 4.34. The van der Waals surface area contributed by atoms with Crippen molar-refractivity contribution in [3.05, 3.63) is 27.7 Å². The Morgan fingerprint density at radius 2 is 2.00 bits per heavy atom. The normalized spacial score (nSPS) is 16.1. The van der Waals surface area contributed by atoms with Gasteiger partial charge in [-0.3, -0.25) is 9.69 Å². The van der Waals surface area contributed by atoms with Crippen molar-refractivity contribution in [3.63, 3.8) is 0 Å². The SMILES string of the molecule is CCOCCCn1c(C)cc(=O)c(O)c1CN1CCCCC1. The van der Waals surface area contributed by atoms with Crippen molar-refractivity contribution in [2.24, 2.45) is 0 Å². The summed E-state index contributed by atoms with van der Waals surface area (Å²) < 4.78 is 7.46. The lowest BCUT2D eigenvalue weighted by Gasteiger charge is -2.28. The van der Waals surface area contributed by atoms with E-state index in [0.717, 1.165) is 44.0 Å². The Balaban J connectivity index is 2.18. The summed E-state index contributed by atoms with van der Waals surface area (Å²) in [6.07, 6.45) is 4.55. The number of rotatable bonds is 7. The van der Waals surface area contributed by atoms with E-state index in [1.165, 1.54) is 25.3 Å². The molecule has 124 valence electrons. The van der Waals surface area contributed by atoms with Crippen LogP contribution in [-0.2, 0) is 17.8 Å². The van der Waals surface area contributed by atoms with Gasteiger partial charge in [0.05, 0.1) is 5.69 Å². The summed E-state index contributed by atoms with van der Waals surface area (Å²) >= 11 is 0. The number of nitrogens with zero attached hydrogens (tertiary/aromatic N) is 2. The van der Waals surface area contributed by atoms with Crippen molar-refractivity contribution < 1.29 is 9.84 Å². The smallest absolute Gasteiger partial charge is 0.223 e. The fourth-order valence-corrected chi connectivity index (χ4v) is 3.09. The van der Waals surface area contributed by atoms with Crippen LogP contribution >= 0.6 is 0 Å². The zero-order valence-electron chi connectivity index (χ0n) is 13.8. The second-order valence-corrected chi connectivity index (χ2v) is 5.98. The Morgan fingerprint density at radius 3 is 2.68 bits per heavy atom.